The van der Waals surface area contributed by atoms with E-state index in [4.69, 9.17) is 4.84 Å². The van der Waals surface area contributed by atoms with E-state index in [2.05, 4.69) is 16.6 Å². The summed E-state index contributed by atoms with van der Waals surface area (Å²) >= 11 is 0. The lowest BCUT2D eigenvalue weighted by Crippen LogP contribution is -2.21. The van der Waals surface area contributed by atoms with Crippen LogP contribution in [0.5, 0.6) is 0 Å². The van der Waals surface area contributed by atoms with Crippen molar-refractivity contribution in [1.82, 2.24) is 4.57 Å². The maximum atomic E-state index is 12.0. The second-order valence-corrected chi connectivity index (χ2v) is 5.22. The molecule has 2 aromatic rings. The molecule has 1 aliphatic heterocycles. The van der Waals surface area contributed by atoms with Gasteiger partial charge < -0.3 is 9.40 Å². The molecule has 4 heteroatoms. The molecule has 0 unspecified atom stereocenters. The molecule has 0 spiro atoms. The molecule has 1 aliphatic rings. The second kappa shape index (κ2) is 5.12. The van der Waals surface area contributed by atoms with Gasteiger partial charge in [0, 0.05) is 23.6 Å². The van der Waals surface area contributed by atoms with Crippen LogP contribution in [0.4, 0.5) is 0 Å². The standard InChI is InChI=1S/C16H18N2O2/c1-3-12-9-13(20-17-12)10-18-11(2)8-16(19)14-6-4-5-7-15(14)18/h4-8,13H,3,9-10H2,1-2H3/t13-/m0/s1. The van der Waals surface area contributed by atoms with E-state index in [1.54, 1.807) is 6.07 Å². The van der Waals surface area contributed by atoms with Crippen molar-refractivity contribution in [3.8, 4) is 0 Å². The summed E-state index contributed by atoms with van der Waals surface area (Å²) in [5.41, 5.74) is 3.11. The van der Waals surface area contributed by atoms with Gasteiger partial charge >= 0.3 is 0 Å². The van der Waals surface area contributed by atoms with Crippen molar-refractivity contribution in [2.24, 2.45) is 5.16 Å². The van der Waals surface area contributed by atoms with Crippen LogP contribution in [0, 0.1) is 6.92 Å². The van der Waals surface area contributed by atoms with Gasteiger partial charge in [0.1, 0.15) is 0 Å². The Hall–Kier alpha value is -2.10. The minimum atomic E-state index is 0.0644. The van der Waals surface area contributed by atoms with Gasteiger partial charge in [0.25, 0.3) is 0 Å². The molecule has 2 heterocycles. The van der Waals surface area contributed by atoms with Crippen molar-refractivity contribution >= 4 is 16.6 Å². The second-order valence-electron chi connectivity index (χ2n) is 5.22. The van der Waals surface area contributed by atoms with Crippen LogP contribution in [0.2, 0.25) is 0 Å². The number of fused-ring (bicyclic) bond motifs is 1. The third kappa shape index (κ3) is 2.22. The smallest absolute Gasteiger partial charge is 0.189 e. The molecular formula is C16H18N2O2. The number of hydrogen-bond donors (Lipinski definition) is 0. The van der Waals surface area contributed by atoms with Crippen LogP contribution in [-0.2, 0) is 11.4 Å². The summed E-state index contributed by atoms with van der Waals surface area (Å²) in [4.78, 5) is 17.5. The van der Waals surface area contributed by atoms with Gasteiger partial charge in [0.2, 0.25) is 0 Å². The van der Waals surface area contributed by atoms with Gasteiger partial charge in [-0.1, -0.05) is 24.2 Å². The summed E-state index contributed by atoms with van der Waals surface area (Å²) in [5.74, 6) is 0. The van der Waals surface area contributed by atoms with Crippen LogP contribution in [0.25, 0.3) is 10.9 Å². The summed E-state index contributed by atoms with van der Waals surface area (Å²) in [5, 5.41) is 4.86. The van der Waals surface area contributed by atoms with E-state index < -0.39 is 0 Å². The summed E-state index contributed by atoms with van der Waals surface area (Å²) in [7, 11) is 0. The number of hydrogen-bond acceptors (Lipinski definition) is 3. The Bertz CT molecular complexity index is 731. The van der Waals surface area contributed by atoms with E-state index in [1.807, 2.05) is 31.2 Å². The zero-order valence-corrected chi connectivity index (χ0v) is 11.8. The Labute approximate surface area is 117 Å². The number of pyridine rings is 1. The Kier molecular flexibility index (Phi) is 3.30. The zero-order chi connectivity index (χ0) is 14.1. The Balaban J connectivity index is 1.98. The van der Waals surface area contributed by atoms with Crippen molar-refractivity contribution in [2.45, 2.75) is 39.3 Å². The first-order valence-electron chi connectivity index (χ1n) is 6.99. The lowest BCUT2D eigenvalue weighted by Gasteiger charge is -2.17. The van der Waals surface area contributed by atoms with Crippen LogP contribution < -0.4 is 5.43 Å². The maximum absolute atomic E-state index is 12.0. The molecule has 0 bridgehead atoms. The Morgan fingerprint density at radius 2 is 2.20 bits per heavy atom. The van der Waals surface area contributed by atoms with Crippen molar-refractivity contribution in [2.75, 3.05) is 0 Å². The van der Waals surface area contributed by atoms with Crippen molar-refractivity contribution in [3.05, 3.63) is 46.2 Å². The highest BCUT2D eigenvalue weighted by molar-refractivity contribution is 5.85. The highest BCUT2D eigenvalue weighted by atomic mass is 16.6. The van der Waals surface area contributed by atoms with E-state index in [9.17, 15) is 4.79 Å². The SMILES string of the molecule is CCC1=NO[C@H](Cn2c(C)cc(=O)c3ccccc32)C1. The average molecular weight is 270 g/mol. The number of rotatable bonds is 3. The first kappa shape index (κ1) is 12.9. The largest absolute Gasteiger partial charge is 0.390 e. The van der Waals surface area contributed by atoms with Crippen LogP contribution >= 0.6 is 0 Å². The van der Waals surface area contributed by atoms with Crippen molar-refractivity contribution < 1.29 is 4.84 Å². The lowest BCUT2D eigenvalue weighted by molar-refractivity contribution is 0.0729. The van der Waals surface area contributed by atoms with Crippen LogP contribution in [-0.4, -0.2) is 16.4 Å². The van der Waals surface area contributed by atoms with E-state index in [0.717, 1.165) is 41.7 Å². The van der Waals surface area contributed by atoms with Gasteiger partial charge in [-0.05, 0) is 25.5 Å². The minimum absolute atomic E-state index is 0.0644. The van der Waals surface area contributed by atoms with Crippen molar-refractivity contribution in [1.29, 1.82) is 0 Å². The molecule has 4 nitrogen and oxygen atoms in total. The molecular weight excluding hydrogens is 252 g/mol. The normalized spacial score (nSPS) is 18.1. The van der Waals surface area contributed by atoms with E-state index in [-0.39, 0.29) is 11.5 Å². The van der Waals surface area contributed by atoms with Gasteiger partial charge in [-0.25, -0.2) is 0 Å². The fourth-order valence-corrected chi connectivity index (χ4v) is 2.69. The first-order chi connectivity index (χ1) is 9.69. The number of para-hydroxylation sites is 1. The summed E-state index contributed by atoms with van der Waals surface area (Å²) in [6.45, 7) is 4.77. The summed E-state index contributed by atoms with van der Waals surface area (Å²) in [6.07, 6.45) is 1.87. The summed E-state index contributed by atoms with van der Waals surface area (Å²) < 4.78 is 2.15. The highest BCUT2D eigenvalue weighted by Crippen LogP contribution is 2.19. The maximum Gasteiger partial charge on any atom is 0.189 e. The molecule has 0 amide bonds. The molecule has 0 fully saturated rings. The molecule has 0 saturated carbocycles. The first-order valence-corrected chi connectivity index (χ1v) is 6.99. The number of benzene rings is 1. The molecule has 0 N–H and O–H groups in total. The third-order valence-electron chi connectivity index (χ3n) is 3.81. The molecule has 104 valence electrons. The Morgan fingerprint density at radius 3 is 2.95 bits per heavy atom. The van der Waals surface area contributed by atoms with Gasteiger partial charge in [-0.2, -0.15) is 0 Å². The van der Waals surface area contributed by atoms with Crippen LogP contribution in [0.15, 0.2) is 40.3 Å². The van der Waals surface area contributed by atoms with E-state index in [1.165, 1.54) is 0 Å². The minimum Gasteiger partial charge on any atom is -0.390 e. The molecule has 3 rings (SSSR count). The number of nitrogens with zero attached hydrogens (tertiary/aromatic N) is 2. The average Bonchev–Trinajstić information content (AvgIpc) is 2.91. The molecule has 0 radical (unpaired) electrons. The fraction of sp³-hybridized carbons (Fsp3) is 0.375. The quantitative estimate of drug-likeness (QED) is 0.860. The van der Waals surface area contributed by atoms with Gasteiger partial charge in [0.15, 0.2) is 11.5 Å². The molecule has 1 atom stereocenters. The summed E-state index contributed by atoms with van der Waals surface area (Å²) in [6, 6.07) is 9.41. The lowest BCUT2D eigenvalue weighted by atomic mass is 10.1. The van der Waals surface area contributed by atoms with Gasteiger partial charge in [0.05, 0.1) is 17.8 Å². The number of aromatic nitrogens is 1. The zero-order valence-electron chi connectivity index (χ0n) is 11.8. The molecule has 0 saturated heterocycles. The molecule has 20 heavy (non-hydrogen) atoms. The predicted molar refractivity (Wildman–Crippen MR) is 80.2 cm³/mol. The monoisotopic (exact) mass is 270 g/mol. The number of aryl methyl sites for hydroxylation is 1. The predicted octanol–water partition coefficient (Wildman–Crippen LogP) is 2.86. The van der Waals surface area contributed by atoms with Crippen LogP contribution in [0.3, 0.4) is 0 Å². The number of oxime groups is 1. The molecule has 1 aromatic heterocycles. The van der Waals surface area contributed by atoms with Gasteiger partial charge in [-0.3, -0.25) is 4.79 Å². The third-order valence-corrected chi connectivity index (χ3v) is 3.81. The fourth-order valence-electron chi connectivity index (χ4n) is 2.69. The van der Waals surface area contributed by atoms with Crippen molar-refractivity contribution in [3.63, 3.8) is 0 Å². The molecule has 0 aliphatic carbocycles. The van der Waals surface area contributed by atoms with E-state index in [0.29, 0.717) is 0 Å². The molecule has 1 aromatic carbocycles. The Morgan fingerprint density at radius 1 is 1.40 bits per heavy atom. The topological polar surface area (TPSA) is 43.6 Å². The van der Waals surface area contributed by atoms with E-state index >= 15 is 0 Å². The van der Waals surface area contributed by atoms with Crippen LogP contribution in [0.1, 0.15) is 25.5 Å². The van der Waals surface area contributed by atoms with Gasteiger partial charge in [-0.15, -0.1) is 0 Å². The highest BCUT2D eigenvalue weighted by Gasteiger charge is 2.21.